The van der Waals surface area contributed by atoms with E-state index >= 15 is 0 Å². The third kappa shape index (κ3) is 3.03. The minimum absolute atomic E-state index is 0.110. The van der Waals surface area contributed by atoms with Gasteiger partial charge in [-0.1, -0.05) is 45.1 Å². The number of allylic oxidation sites excluding steroid dienone is 3. The van der Waals surface area contributed by atoms with Crippen molar-refractivity contribution < 1.29 is 9.84 Å². The lowest BCUT2D eigenvalue weighted by Crippen LogP contribution is -2.35. The summed E-state index contributed by atoms with van der Waals surface area (Å²) < 4.78 is 6.10. The van der Waals surface area contributed by atoms with Crippen molar-refractivity contribution in [3.05, 3.63) is 46.5 Å². The van der Waals surface area contributed by atoms with Crippen LogP contribution in [0.25, 0.3) is 0 Å². The molecule has 1 aromatic rings. The topological polar surface area (TPSA) is 29.5 Å². The first kappa shape index (κ1) is 16.2. The summed E-state index contributed by atoms with van der Waals surface area (Å²) in [5, 5.41) is 10.2. The number of hydrogen-bond acceptors (Lipinski definition) is 2. The number of rotatable bonds is 3. The van der Waals surface area contributed by atoms with E-state index in [9.17, 15) is 5.11 Å². The fourth-order valence-corrected chi connectivity index (χ4v) is 3.44. The molecule has 2 atom stereocenters. The van der Waals surface area contributed by atoms with E-state index in [1.54, 1.807) is 13.2 Å². The van der Waals surface area contributed by atoms with Gasteiger partial charge in [-0.3, -0.25) is 0 Å². The van der Waals surface area contributed by atoms with Crippen LogP contribution in [-0.2, 0) is 6.42 Å². The minimum atomic E-state index is 0.110. The molecule has 0 heterocycles. The quantitative estimate of drug-likeness (QED) is 0.820. The van der Waals surface area contributed by atoms with Crippen LogP contribution >= 0.6 is 15.9 Å². The highest BCUT2D eigenvalue weighted by atomic mass is 79.9. The Balaban J connectivity index is 2.37. The monoisotopic (exact) mass is 350 g/mol. The molecule has 0 aromatic heterocycles. The minimum Gasteiger partial charge on any atom is -0.508 e. The highest BCUT2D eigenvalue weighted by molar-refractivity contribution is 9.10. The van der Waals surface area contributed by atoms with E-state index in [0.717, 1.165) is 27.8 Å². The lowest BCUT2D eigenvalue weighted by Gasteiger charge is -2.42. The number of phenolic OH excluding ortho intramolecular Hbond substituents is 1. The maximum absolute atomic E-state index is 10.2. The van der Waals surface area contributed by atoms with Crippen LogP contribution in [0.4, 0.5) is 0 Å². The molecule has 114 valence electrons. The molecule has 0 bridgehead atoms. The largest absolute Gasteiger partial charge is 0.508 e. The summed E-state index contributed by atoms with van der Waals surface area (Å²) in [5.41, 5.74) is 2.13. The molecule has 21 heavy (non-hydrogen) atoms. The predicted molar refractivity (Wildman–Crippen MR) is 90.8 cm³/mol. The molecule has 1 aromatic carbocycles. The molecule has 0 saturated carbocycles. The molecule has 1 aliphatic carbocycles. The Labute approximate surface area is 135 Å². The zero-order valence-corrected chi connectivity index (χ0v) is 14.7. The van der Waals surface area contributed by atoms with Gasteiger partial charge >= 0.3 is 0 Å². The summed E-state index contributed by atoms with van der Waals surface area (Å²) in [6.07, 6.45) is 5.10. The molecule has 2 nitrogen and oxygen atoms in total. The van der Waals surface area contributed by atoms with Crippen molar-refractivity contribution in [1.29, 1.82) is 0 Å². The van der Waals surface area contributed by atoms with Crippen LogP contribution in [-0.4, -0.2) is 12.2 Å². The van der Waals surface area contributed by atoms with Crippen molar-refractivity contribution in [2.24, 2.45) is 17.3 Å². The van der Waals surface area contributed by atoms with Crippen LogP contribution in [0.5, 0.6) is 11.5 Å². The van der Waals surface area contributed by atoms with Crippen molar-refractivity contribution in [2.45, 2.75) is 27.2 Å². The first-order chi connectivity index (χ1) is 9.77. The van der Waals surface area contributed by atoms with Gasteiger partial charge in [0.2, 0.25) is 0 Å². The van der Waals surface area contributed by atoms with E-state index in [4.69, 9.17) is 4.74 Å². The van der Waals surface area contributed by atoms with Gasteiger partial charge < -0.3 is 9.84 Å². The van der Waals surface area contributed by atoms with Crippen LogP contribution in [0.3, 0.4) is 0 Å². The summed E-state index contributed by atoms with van der Waals surface area (Å²) in [5.74, 6) is 1.82. The smallest absolute Gasteiger partial charge is 0.133 e. The number of aromatic hydroxyl groups is 1. The van der Waals surface area contributed by atoms with Crippen LogP contribution in [0.2, 0.25) is 0 Å². The highest BCUT2D eigenvalue weighted by Crippen LogP contribution is 2.46. The normalized spacial score (nSPS) is 24.1. The molecule has 3 heteroatoms. The average molecular weight is 351 g/mol. The molecule has 1 aliphatic rings. The van der Waals surface area contributed by atoms with Crippen LogP contribution < -0.4 is 4.74 Å². The second-order valence-corrected chi connectivity index (χ2v) is 7.27. The Hall–Kier alpha value is -1.22. The molecule has 0 amide bonds. The van der Waals surface area contributed by atoms with Crippen molar-refractivity contribution in [2.75, 3.05) is 7.11 Å². The standard InChI is InChI=1S/C18H23BrO2/c1-11-6-7-12(2)18(3,4)14(11)8-13-9-17(21-5)15(19)10-16(13)20/h6-7,9-10,12,14,20H,1,8H2,2-5H3/t12-,14-/m0/s1. The van der Waals surface area contributed by atoms with Gasteiger partial charge in [0, 0.05) is 0 Å². The third-order valence-corrected chi connectivity index (χ3v) is 5.52. The lowest BCUT2D eigenvalue weighted by atomic mass is 9.62. The lowest BCUT2D eigenvalue weighted by molar-refractivity contribution is 0.176. The summed E-state index contributed by atoms with van der Waals surface area (Å²) in [6, 6.07) is 3.61. The van der Waals surface area contributed by atoms with E-state index in [-0.39, 0.29) is 5.41 Å². The number of methoxy groups -OCH3 is 1. The van der Waals surface area contributed by atoms with Crippen LogP contribution in [0.1, 0.15) is 26.3 Å². The second-order valence-electron chi connectivity index (χ2n) is 6.42. The summed E-state index contributed by atoms with van der Waals surface area (Å²) in [7, 11) is 1.63. The average Bonchev–Trinajstić information content (AvgIpc) is 2.41. The van der Waals surface area contributed by atoms with Gasteiger partial charge in [-0.25, -0.2) is 0 Å². The van der Waals surface area contributed by atoms with Gasteiger partial charge in [0.1, 0.15) is 11.5 Å². The summed E-state index contributed by atoms with van der Waals surface area (Å²) in [4.78, 5) is 0. The van der Waals surface area contributed by atoms with E-state index in [1.807, 2.05) is 6.07 Å². The molecule has 2 rings (SSSR count). The molecule has 0 aliphatic heterocycles. The Bertz CT molecular complexity index is 587. The first-order valence-corrected chi connectivity index (χ1v) is 7.99. The fourth-order valence-electron chi connectivity index (χ4n) is 2.95. The Kier molecular flexibility index (Phi) is 4.52. The van der Waals surface area contributed by atoms with Gasteiger partial charge in [0.15, 0.2) is 0 Å². The van der Waals surface area contributed by atoms with Crippen molar-refractivity contribution in [3.63, 3.8) is 0 Å². The molecular formula is C18H23BrO2. The van der Waals surface area contributed by atoms with E-state index in [0.29, 0.717) is 17.6 Å². The molecule has 0 spiro atoms. The van der Waals surface area contributed by atoms with Crippen molar-refractivity contribution in [1.82, 2.24) is 0 Å². The molecule has 1 N–H and O–H groups in total. The maximum Gasteiger partial charge on any atom is 0.133 e. The number of halogens is 1. The highest BCUT2D eigenvalue weighted by Gasteiger charge is 2.37. The maximum atomic E-state index is 10.2. The van der Waals surface area contributed by atoms with E-state index < -0.39 is 0 Å². The van der Waals surface area contributed by atoms with Gasteiger partial charge in [-0.15, -0.1) is 0 Å². The third-order valence-electron chi connectivity index (χ3n) is 4.90. The zero-order valence-electron chi connectivity index (χ0n) is 13.1. The number of phenols is 1. The summed E-state index contributed by atoms with van der Waals surface area (Å²) >= 11 is 3.40. The Morgan fingerprint density at radius 2 is 2.05 bits per heavy atom. The zero-order chi connectivity index (χ0) is 15.8. The molecule has 0 saturated heterocycles. The van der Waals surface area contributed by atoms with E-state index in [1.165, 1.54) is 0 Å². The SMILES string of the molecule is C=C1C=C[C@H](C)C(C)(C)[C@H]1Cc1cc(OC)c(Br)cc1O. The molecular weight excluding hydrogens is 328 g/mol. The second kappa shape index (κ2) is 5.88. The van der Waals surface area contributed by atoms with Crippen molar-refractivity contribution in [3.8, 4) is 11.5 Å². The number of hydrogen-bond donors (Lipinski definition) is 1. The first-order valence-electron chi connectivity index (χ1n) is 7.19. The molecule has 0 unspecified atom stereocenters. The van der Waals surface area contributed by atoms with Gasteiger partial charge in [0.25, 0.3) is 0 Å². The summed E-state index contributed by atoms with van der Waals surface area (Å²) in [6.45, 7) is 11.0. The van der Waals surface area contributed by atoms with Crippen molar-refractivity contribution >= 4 is 15.9 Å². The number of ether oxygens (including phenoxy) is 1. The van der Waals surface area contributed by atoms with E-state index in [2.05, 4.69) is 55.4 Å². The molecule has 0 fully saturated rings. The van der Waals surface area contributed by atoms with Gasteiger partial charge in [0.05, 0.1) is 11.6 Å². The van der Waals surface area contributed by atoms with Gasteiger partial charge in [-0.2, -0.15) is 0 Å². The van der Waals surface area contributed by atoms with Gasteiger partial charge in [-0.05, 0) is 57.3 Å². The Morgan fingerprint density at radius 3 is 2.67 bits per heavy atom. The Morgan fingerprint density at radius 1 is 1.38 bits per heavy atom. The fraction of sp³-hybridized carbons (Fsp3) is 0.444. The predicted octanol–water partition coefficient (Wildman–Crippen LogP) is 5.11. The number of benzene rings is 1. The van der Waals surface area contributed by atoms with Crippen LogP contribution in [0, 0.1) is 17.3 Å². The molecule has 0 radical (unpaired) electrons. The van der Waals surface area contributed by atoms with Crippen LogP contribution in [0.15, 0.2) is 40.9 Å².